The van der Waals surface area contributed by atoms with Gasteiger partial charge >= 0.3 is 0 Å². The maximum Gasteiger partial charge on any atom is 0.267 e. The predicted molar refractivity (Wildman–Crippen MR) is 67.7 cm³/mol. The van der Waals surface area contributed by atoms with Crippen molar-refractivity contribution in [1.29, 1.82) is 0 Å². The summed E-state index contributed by atoms with van der Waals surface area (Å²) in [6, 6.07) is 5.44. The van der Waals surface area contributed by atoms with Gasteiger partial charge in [0, 0.05) is 0 Å². The van der Waals surface area contributed by atoms with Gasteiger partial charge in [0.25, 0.3) is 5.16 Å². The summed E-state index contributed by atoms with van der Waals surface area (Å²) < 4.78 is 37.7. The Bertz CT molecular complexity index is 665. The van der Waals surface area contributed by atoms with Crippen LogP contribution < -0.4 is 0 Å². The molecule has 0 fully saturated rings. The highest BCUT2D eigenvalue weighted by atomic mass is 32.2. The number of rotatable bonds is 4. The summed E-state index contributed by atoms with van der Waals surface area (Å²) in [6.07, 6.45) is 0.363. The third-order valence-corrected chi connectivity index (χ3v) is 4.86. The lowest BCUT2D eigenvalue weighted by molar-refractivity contribution is 0.570. The van der Waals surface area contributed by atoms with E-state index in [1.165, 1.54) is 24.3 Å². The van der Waals surface area contributed by atoms with E-state index in [0.29, 0.717) is 17.8 Å². The Balaban J connectivity index is 2.44. The number of aromatic nitrogens is 3. The van der Waals surface area contributed by atoms with E-state index in [0.717, 1.165) is 0 Å². The summed E-state index contributed by atoms with van der Waals surface area (Å²) in [5.41, 5.74) is 0.534. The standard InChI is InChI=1S/C12H14FN3O2S/c1-3-11(9-4-6-10(13)7-5-9)19(17,18)12-14-8(2)15-16-12/h4-7,11H,3H2,1-2H3,(H,14,15,16). The van der Waals surface area contributed by atoms with E-state index in [9.17, 15) is 12.8 Å². The van der Waals surface area contributed by atoms with E-state index in [4.69, 9.17) is 0 Å². The molecule has 1 N–H and O–H groups in total. The Morgan fingerprint density at radius 2 is 1.95 bits per heavy atom. The molecular weight excluding hydrogens is 269 g/mol. The average Bonchev–Trinajstić information content (AvgIpc) is 2.80. The molecule has 0 saturated heterocycles. The van der Waals surface area contributed by atoms with Crippen LogP contribution in [0.4, 0.5) is 4.39 Å². The van der Waals surface area contributed by atoms with Crippen molar-refractivity contribution < 1.29 is 12.8 Å². The molecule has 2 rings (SSSR count). The van der Waals surface area contributed by atoms with Crippen molar-refractivity contribution in [1.82, 2.24) is 15.2 Å². The van der Waals surface area contributed by atoms with E-state index < -0.39 is 20.9 Å². The highest BCUT2D eigenvalue weighted by molar-refractivity contribution is 7.91. The zero-order valence-corrected chi connectivity index (χ0v) is 11.4. The highest BCUT2D eigenvalue weighted by Gasteiger charge is 2.31. The number of aryl methyl sites for hydroxylation is 1. The number of nitrogens with one attached hydrogen (secondary N) is 1. The van der Waals surface area contributed by atoms with Crippen LogP contribution in [0.1, 0.15) is 30.0 Å². The zero-order chi connectivity index (χ0) is 14.0. The van der Waals surface area contributed by atoms with Gasteiger partial charge in [-0.2, -0.15) is 0 Å². The lowest BCUT2D eigenvalue weighted by atomic mass is 10.1. The number of H-pyrrole nitrogens is 1. The minimum atomic E-state index is -3.67. The lowest BCUT2D eigenvalue weighted by Gasteiger charge is -2.13. The molecule has 0 radical (unpaired) electrons. The maximum atomic E-state index is 12.9. The highest BCUT2D eigenvalue weighted by Crippen LogP contribution is 2.29. The molecule has 0 aliphatic carbocycles. The van der Waals surface area contributed by atoms with Crippen LogP contribution in [-0.2, 0) is 9.84 Å². The normalized spacial score (nSPS) is 13.4. The Labute approximate surface area is 110 Å². The van der Waals surface area contributed by atoms with Crippen molar-refractivity contribution in [3.8, 4) is 0 Å². The van der Waals surface area contributed by atoms with Gasteiger partial charge in [-0.05, 0) is 31.0 Å². The van der Waals surface area contributed by atoms with Gasteiger partial charge in [-0.3, -0.25) is 5.10 Å². The molecule has 1 aromatic heterocycles. The molecule has 5 nitrogen and oxygen atoms in total. The first-order valence-electron chi connectivity index (χ1n) is 5.83. The minimum absolute atomic E-state index is 0.221. The minimum Gasteiger partial charge on any atom is -0.262 e. The molecule has 0 spiro atoms. The van der Waals surface area contributed by atoms with Gasteiger partial charge in [-0.1, -0.05) is 19.1 Å². The first-order valence-corrected chi connectivity index (χ1v) is 7.38. The molecule has 1 heterocycles. The summed E-state index contributed by atoms with van der Waals surface area (Å²) in [5.74, 6) is 0.0391. The number of hydrogen-bond donors (Lipinski definition) is 1. The predicted octanol–water partition coefficient (Wildman–Crippen LogP) is 2.18. The van der Waals surface area contributed by atoms with Crippen LogP contribution >= 0.6 is 0 Å². The molecule has 0 aliphatic heterocycles. The number of benzene rings is 1. The zero-order valence-electron chi connectivity index (χ0n) is 10.6. The van der Waals surface area contributed by atoms with E-state index in [2.05, 4.69) is 15.2 Å². The second-order valence-electron chi connectivity index (χ2n) is 4.20. The second-order valence-corrected chi connectivity index (χ2v) is 6.22. The van der Waals surface area contributed by atoms with E-state index >= 15 is 0 Å². The van der Waals surface area contributed by atoms with Crippen molar-refractivity contribution in [3.63, 3.8) is 0 Å². The molecule has 7 heteroatoms. The molecule has 0 bridgehead atoms. The number of sulfone groups is 1. The van der Waals surface area contributed by atoms with E-state index in [1.807, 2.05) is 0 Å². The lowest BCUT2D eigenvalue weighted by Crippen LogP contribution is -2.14. The Morgan fingerprint density at radius 3 is 2.42 bits per heavy atom. The largest absolute Gasteiger partial charge is 0.267 e. The van der Waals surface area contributed by atoms with Gasteiger partial charge in [0.2, 0.25) is 9.84 Å². The Kier molecular flexibility index (Phi) is 3.66. The number of nitrogens with zero attached hydrogens (tertiary/aromatic N) is 2. The summed E-state index contributed by atoms with van der Waals surface area (Å²) in [7, 11) is -3.67. The van der Waals surface area contributed by atoms with Crippen molar-refractivity contribution in [2.24, 2.45) is 0 Å². The van der Waals surface area contributed by atoms with Crippen LogP contribution in [0.25, 0.3) is 0 Å². The third-order valence-electron chi connectivity index (χ3n) is 2.82. The molecule has 1 aromatic carbocycles. The van der Waals surface area contributed by atoms with Crippen molar-refractivity contribution in [3.05, 3.63) is 41.5 Å². The number of aromatic amines is 1. The van der Waals surface area contributed by atoms with E-state index in [-0.39, 0.29) is 5.16 Å². The van der Waals surface area contributed by atoms with Crippen LogP contribution in [0.5, 0.6) is 0 Å². The van der Waals surface area contributed by atoms with Gasteiger partial charge in [-0.25, -0.2) is 17.8 Å². The monoisotopic (exact) mass is 283 g/mol. The van der Waals surface area contributed by atoms with E-state index in [1.54, 1.807) is 13.8 Å². The topological polar surface area (TPSA) is 75.7 Å². The second kappa shape index (κ2) is 5.08. The van der Waals surface area contributed by atoms with Crippen LogP contribution in [0.3, 0.4) is 0 Å². The van der Waals surface area contributed by atoms with Crippen LogP contribution in [0, 0.1) is 12.7 Å². The van der Waals surface area contributed by atoms with Crippen LogP contribution in [0.15, 0.2) is 29.4 Å². The van der Waals surface area contributed by atoms with Crippen molar-refractivity contribution in [2.75, 3.05) is 0 Å². The van der Waals surface area contributed by atoms with Gasteiger partial charge in [0.15, 0.2) is 0 Å². The first kappa shape index (κ1) is 13.7. The summed E-state index contributed by atoms with van der Waals surface area (Å²) in [4.78, 5) is 3.87. The maximum absolute atomic E-state index is 12.9. The summed E-state index contributed by atoms with van der Waals surface area (Å²) in [5, 5.41) is 5.22. The van der Waals surface area contributed by atoms with Crippen molar-refractivity contribution in [2.45, 2.75) is 30.7 Å². The third kappa shape index (κ3) is 2.65. The first-order chi connectivity index (χ1) is 8.95. The molecule has 0 saturated carbocycles. The van der Waals surface area contributed by atoms with Gasteiger partial charge < -0.3 is 0 Å². The van der Waals surface area contributed by atoms with Crippen LogP contribution in [-0.4, -0.2) is 23.6 Å². The molecule has 19 heavy (non-hydrogen) atoms. The summed E-state index contributed by atoms with van der Waals surface area (Å²) in [6.45, 7) is 3.38. The Morgan fingerprint density at radius 1 is 1.32 bits per heavy atom. The average molecular weight is 283 g/mol. The molecule has 102 valence electrons. The fraction of sp³-hybridized carbons (Fsp3) is 0.333. The van der Waals surface area contributed by atoms with Gasteiger partial charge in [0.05, 0.1) is 5.25 Å². The SMILES string of the molecule is CCC(c1ccc(F)cc1)S(=O)(=O)c1n[nH]c(C)n1. The quantitative estimate of drug-likeness (QED) is 0.933. The number of halogens is 1. The molecule has 0 amide bonds. The van der Waals surface area contributed by atoms with Gasteiger partial charge in [0.1, 0.15) is 11.6 Å². The fourth-order valence-electron chi connectivity index (χ4n) is 1.89. The molecule has 0 aliphatic rings. The number of hydrogen-bond acceptors (Lipinski definition) is 4. The van der Waals surface area contributed by atoms with Crippen molar-refractivity contribution >= 4 is 9.84 Å². The smallest absolute Gasteiger partial charge is 0.262 e. The molecular formula is C12H14FN3O2S. The fourth-order valence-corrected chi connectivity index (χ4v) is 3.53. The molecule has 2 aromatic rings. The molecule has 1 atom stereocenters. The summed E-state index contributed by atoms with van der Waals surface area (Å²) >= 11 is 0. The van der Waals surface area contributed by atoms with Gasteiger partial charge in [-0.15, -0.1) is 5.10 Å². The Hall–Kier alpha value is -1.76. The van der Waals surface area contributed by atoms with Crippen LogP contribution in [0.2, 0.25) is 0 Å². The molecule has 1 unspecified atom stereocenters.